The van der Waals surface area contributed by atoms with Gasteiger partial charge in [0.05, 0.1) is 12.2 Å². The minimum Gasteiger partial charge on any atom is -0.491 e. The lowest BCUT2D eigenvalue weighted by molar-refractivity contribution is 0.103. The molecular formula is C20H15F3N2O4. The SMILES string of the molecule is Nc1c(C(=O)c2ccc(F)cc2)ccc(=O)n1-c1c(F)cc(OCCO)cc1F. The standard InChI is InChI=1S/C20H15F3N2O4/c21-12-3-1-11(2-4-12)19(28)14-5-6-17(27)25(20(14)24)18-15(22)9-13(10-16(18)23)29-8-7-26/h1-6,9-10,26H,7-8,24H2. The Hall–Kier alpha value is -3.59. The molecule has 0 aliphatic carbocycles. The number of ketones is 1. The number of nitrogens with zero attached hydrogens (tertiary/aromatic N) is 1. The summed E-state index contributed by atoms with van der Waals surface area (Å²) in [6.07, 6.45) is 0. The van der Waals surface area contributed by atoms with Crippen molar-refractivity contribution < 1.29 is 27.8 Å². The molecule has 0 saturated heterocycles. The highest BCUT2D eigenvalue weighted by atomic mass is 19.1. The number of hydrogen-bond acceptors (Lipinski definition) is 5. The minimum atomic E-state index is -1.15. The van der Waals surface area contributed by atoms with Gasteiger partial charge in [0.15, 0.2) is 17.4 Å². The van der Waals surface area contributed by atoms with Crippen molar-refractivity contribution in [3.05, 3.63) is 87.5 Å². The number of ether oxygens (including phenoxy) is 1. The summed E-state index contributed by atoms with van der Waals surface area (Å²) in [5.41, 5.74) is 4.17. The summed E-state index contributed by atoms with van der Waals surface area (Å²) in [7, 11) is 0. The number of aromatic nitrogens is 1. The second-order valence-electron chi connectivity index (χ2n) is 5.95. The molecule has 0 aliphatic rings. The molecule has 0 unspecified atom stereocenters. The largest absolute Gasteiger partial charge is 0.491 e. The molecule has 1 aromatic heterocycles. The average Bonchev–Trinajstić information content (AvgIpc) is 2.68. The summed E-state index contributed by atoms with van der Waals surface area (Å²) in [5.74, 6) is -4.18. The summed E-state index contributed by atoms with van der Waals surface area (Å²) >= 11 is 0. The van der Waals surface area contributed by atoms with Crippen molar-refractivity contribution in [2.24, 2.45) is 0 Å². The van der Waals surface area contributed by atoms with Crippen LogP contribution >= 0.6 is 0 Å². The zero-order valence-electron chi connectivity index (χ0n) is 14.9. The van der Waals surface area contributed by atoms with Gasteiger partial charge in [-0.3, -0.25) is 14.2 Å². The smallest absolute Gasteiger partial charge is 0.256 e. The Morgan fingerprint density at radius 2 is 1.66 bits per heavy atom. The highest BCUT2D eigenvalue weighted by molar-refractivity contribution is 6.11. The lowest BCUT2D eigenvalue weighted by atomic mass is 10.0. The third-order valence-electron chi connectivity index (χ3n) is 4.05. The quantitative estimate of drug-likeness (QED) is 0.616. The van der Waals surface area contributed by atoms with Gasteiger partial charge in [-0.1, -0.05) is 0 Å². The van der Waals surface area contributed by atoms with Crippen molar-refractivity contribution in [1.82, 2.24) is 4.57 Å². The van der Waals surface area contributed by atoms with E-state index < -0.39 is 40.3 Å². The number of nitrogen functional groups attached to an aromatic ring is 1. The maximum atomic E-state index is 14.6. The van der Waals surface area contributed by atoms with Crippen LogP contribution in [-0.4, -0.2) is 28.7 Å². The molecular weight excluding hydrogens is 389 g/mol. The van der Waals surface area contributed by atoms with Gasteiger partial charge in [0.25, 0.3) is 5.56 Å². The van der Waals surface area contributed by atoms with E-state index in [-0.39, 0.29) is 30.1 Å². The van der Waals surface area contributed by atoms with Crippen LogP contribution in [-0.2, 0) is 0 Å². The van der Waals surface area contributed by atoms with E-state index in [1.54, 1.807) is 0 Å². The third kappa shape index (κ3) is 3.99. The van der Waals surface area contributed by atoms with Gasteiger partial charge in [-0.15, -0.1) is 0 Å². The van der Waals surface area contributed by atoms with E-state index in [0.717, 1.165) is 36.4 Å². The van der Waals surface area contributed by atoms with Crippen LogP contribution in [0.4, 0.5) is 19.0 Å². The van der Waals surface area contributed by atoms with Crippen LogP contribution < -0.4 is 16.0 Å². The average molecular weight is 404 g/mol. The van der Waals surface area contributed by atoms with Crippen LogP contribution in [0.2, 0.25) is 0 Å². The Labute approximate surface area is 162 Å². The Morgan fingerprint density at radius 1 is 1.03 bits per heavy atom. The molecule has 6 nitrogen and oxygen atoms in total. The van der Waals surface area contributed by atoms with Crippen molar-refractivity contribution in [3.63, 3.8) is 0 Å². The van der Waals surface area contributed by atoms with Crippen LogP contribution in [0.3, 0.4) is 0 Å². The number of carbonyl (C=O) groups is 1. The molecule has 3 rings (SSSR count). The van der Waals surface area contributed by atoms with E-state index in [9.17, 15) is 22.8 Å². The molecule has 150 valence electrons. The Kier molecular flexibility index (Phi) is 5.69. The number of anilines is 1. The van der Waals surface area contributed by atoms with Crippen LogP contribution in [0.5, 0.6) is 5.75 Å². The fraction of sp³-hybridized carbons (Fsp3) is 0.100. The Morgan fingerprint density at radius 3 is 2.24 bits per heavy atom. The molecule has 0 aliphatic heterocycles. The van der Waals surface area contributed by atoms with Crippen molar-refractivity contribution >= 4 is 11.6 Å². The topological polar surface area (TPSA) is 94.6 Å². The van der Waals surface area contributed by atoms with Gasteiger partial charge < -0.3 is 15.6 Å². The molecule has 0 amide bonds. The van der Waals surface area contributed by atoms with Crippen LogP contribution in [0.1, 0.15) is 15.9 Å². The van der Waals surface area contributed by atoms with E-state index in [4.69, 9.17) is 15.6 Å². The zero-order chi connectivity index (χ0) is 21.1. The molecule has 0 atom stereocenters. The summed E-state index contributed by atoms with van der Waals surface area (Å²) < 4.78 is 47.7. The number of halogens is 3. The molecule has 29 heavy (non-hydrogen) atoms. The van der Waals surface area contributed by atoms with Gasteiger partial charge >= 0.3 is 0 Å². The number of aliphatic hydroxyl groups excluding tert-OH is 1. The summed E-state index contributed by atoms with van der Waals surface area (Å²) in [6, 6.07) is 8.33. The molecule has 0 fully saturated rings. The van der Waals surface area contributed by atoms with Crippen molar-refractivity contribution in [1.29, 1.82) is 0 Å². The van der Waals surface area contributed by atoms with E-state index in [1.165, 1.54) is 12.1 Å². The first-order chi connectivity index (χ1) is 13.8. The van der Waals surface area contributed by atoms with Crippen LogP contribution in [0, 0.1) is 17.5 Å². The number of benzene rings is 2. The predicted octanol–water partition coefficient (Wildman–Crippen LogP) is 2.44. The Bertz CT molecular complexity index is 1100. The molecule has 2 aromatic carbocycles. The molecule has 0 spiro atoms. The van der Waals surface area contributed by atoms with Gasteiger partial charge in [0, 0.05) is 23.8 Å². The number of carbonyl (C=O) groups excluding carboxylic acids is 1. The summed E-state index contributed by atoms with van der Waals surface area (Å²) in [4.78, 5) is 24.9. The number of rotatable bonds is 6. The van der Waals surface area contributed by atoms with Crippen molar-refractivity contribution in [2.45, 2.75) is 0 Å². The third-order valence-corrected chi connectivity index (χ3v) is 4.05. The number of aliphatic hydroxyl groups is 1. The van der Waals surface area contributed by atoms with Crippen molar-refractivity contribution in [2.75, 3.05) is 18.9 Å². The zero-order valence-corrected chi connectivity index (χ0v) is 14.9. The van der Waals surface area contributed by atoms with Crippen molar-refractivity contribution in [3.8, 4) is 11.4 Å². The van der Waals surface area contributed by atoms with Gasteiger partial charge in [0.2, 0.25) is 0 Å². The highest BCUT2D eigenvalue weighted by Gasteiger charge is 2.22. The fourth-order valence-corrected chi connectivity index (χ4v) is 2.74. The molecule has 3 N–H and O–H groups in total. The monoisotopic (exact) mass is 404 g/mol. The number of pyridine rings is 1. The van der Waals surface area contributed by atoms with Crippen LogP contribution in [0.15, 0.2) is 53.3 Å². The van der Waals surface area contributed by atoms with E-state index in [0.29, 0.717) is 4.57 Å². The van der Waals surface area contributed by atoms with E-state index >= 15 is 0 Å². The predicted molar refractivity (Wildman–Crippen MR) is 98.8 cm³/mol. The lowest BCUT2D eigenvalue weighted by Gasteiger charge is -2.15. The molecule has 3 aromatic rings. The summed E-state index contributed by atoms with van der Waals surface area (Å²) in [6.45, 7) is -0.535. The van der Waals surface area contributed by atoms with E-state index in [2.05, 4.69) is 0 Å². The first kappa shape index (κ1) is 20.2. The molecule has 9 heteroatoms. The van der Waals surface area contributed by atoms with Crippen LogP contribution in [0.25, 0.3) is 5.69 Å². The molecule has 0 saturated carbocycles. The van der Waals surface area contributed by atoms with E-state index in [1.807, 2.05) is 0 Å². The summed E-state index contributed by atoms with van der Waals surface area (Å²) in [5, 5.41) is 8.74. The lowest BCUT2D eigenvalue weighted by Crippen LogP contribution is -2.25. The number of hydrogen-bond donors (Lipinski definition) is 2. The fourth-order valence-electron chi connectivity index (χ4n) is 2.74. The minimum absolute atomic E-state index is 0.0806. The molecule has 0 bridgehead atoms. The number of nitrogens with two attached hydrogens (primary N) is 1. The molecule has 0 radical (unpaired) electrons. The first-order valence-corrected chi connectivity index (χ1v) is 8.38. The van der Waals surface area contributed by atoms with Gasteiger partial charge in [-0.2, -0.15) is 0 Å². The maximum Gasteiger partial charge on any atom is 0.256 e. The van der Waals surface area contributed by atoms with Gasteiger partial charge in [0.1, 0.15) is 29.7 Å². The van der Waals surface area contributed by atoms with Gasteiger partial charge in [-0.25, -0.2) is 13.2 Å². The maximum absolute atomic E-state index is 14.6. The first-order valence-electron chi connectivity index (χ1n) is 8.38. The normalized spacial score (nSPS) is 10.8. The Balaban J connectivity index is 2.12. The highest BCUT2D eigenvalue weighted by Crippen LogP contribution is 2.26. The second kappa shape index (κ2) is 8.19. The van der Waals surface area contributed by atoms with Gasteiger partial charge in [-0.05, 0) is 30.3 Å². The second-order valence-corrected chi connectivity index (χ2v) is 5.95. The molecule has 1 heterocycles.